The Morgan fingerprint density at radius 3 is 2.64 bits per heavy atom. The molecule has 4 N–H and O–H groups in total. The zero-order valence-corrected chi connectivity index (χ0v) is 13.3. The number of benzene rings is 1. The Labute approximate surface area is 131 Å². The minimum atomic E-state index is -3.47. The van der Waals surface area contributed by atoms with Crippen molar-refractivity contribution >= 4 is 10.0 Å². The average Bonchev–Trinajstić information content (AvgIpc) is 2.49. The van der Waals surface area contributed by atoms with Gasteiger partial charge < -0.3 is 15.6 Å². The van der Waals surface area contributed by atoms with Gasteiger partial charge in [0, 0.05) is 0 Å². The van der Waals surface area contributed by atoms with Gasteiger partial charge in [-0.2, -0.15) is 0 Å². The molecule has 1 heterocycles. The molecular formula is C15H24N2O4S. The van der Waals surface area contributed by atoms with Crippen molar-refractivity contribution < 1.29 is 18.3 Å². The van der Waals surface area contributed by atoms with Gasteiger partial charge in [-0.05, 0) is 31.4 Å². The predicted molar refractivity (Wildman–Crippen MR) is 84.6 cm³/mol. The number of nitrogens with two attached hydrogens (primary N) is 1. The predicted octanol–water partition coefficient (Wildman–Crippen LogP) is 0.363. The summed E-state index contributed by atoms with van der Waals surface area (Å²) in [5.74, 6) is -0.0747. The molecule has 0 aliphatic carbocycles. The second-order valence-corrected chi connectivity index (χ2v) is 7.36. The van der Waals surface area contributed by atoms with Gasteiger partial charge in [0.05, 0.1) is 30.6 Å². The third kappa shape index (κ3) is 5.03. The van der Waals surface area contributed by atoms with E-state index in [2.05, 4.69) is 4.72 Å². The lowest BCUT2D eigenvalue weighted by atomic mass is 9.98. The van der Waals surface area contributed by atoms with E-state index >= 15 is 0 Å². The summed E-state index contributed by atoms with van der Waals surface area (Å²) in [7, 11) is -3.47. The molecule has 22 heavy (non-hydrogen) atoms. The fraction of sp³-hybridized carbons (Fsp3) is 0.600. The number of sulfonamides is 1. The molecule has 124 valence electrons. The number of rotatable bonds is 7. The first-order valence-corrected chi connectivity index (χ1v) is 9.19. The molecule has 0 bridgehead atoms. The van der Waals surface area contributed by atoms with Crippen molar-refractivity contribution in [3.63, 3.8) is 0 Å². The highest BCUT2D eigenvalue weighted by atomic mass is 32.2. The van der Waals surface area contributed by atoms with Crippen LogP contribution in [0.5, 0.6) is 0 Å². The van der Waals surface area contributed by atoms with Crippen LogP contribution >= 0.6 is 0 Å². The molecule has 1 aliphatic rings. The Morgan fingerprint density at radius 2 is 2.00 bits per heavy atom. The zero-order valence-electron chi connectivity index (χ0n) is 12.5. The van der Waals surface area contributed by atoms with Gasteiger partial charge in [0.25, 0.3) is 0 Å². The van der Waals surface area contributed by atoms with E-state index in [-0.39, 0.29) is 18.5 Å². The van der Waals surface area contributed by atoms with Gasteiger partial charge in [0.1, 0.15) is 0 Å². The van der Waals surface area contributed by atoms with Crippen LogP contribution in [0.3, 0.4) is 0 Å². The molecular weight excluding hydrogens is 304 g/mol. The van der Waals surface area contributed by atoms with Crippen LogP contribution in [0.4, 0.5) is 0 Å². The van der Waals surface area contributed by atoms with E-state index in [4.69, 9.17) is 10.5 Å². The maximum atomic E-state index is 12.3. The lowest BCUT2D eigenvalue weighted by Crippen LogP contribution is -2.51. The van der Waals surface area contributed by atoms with Gasteiger partial charge in [-0.25, -0.2) is 13.1 Å². The summed E-state index contributed by atoms with van der Waals surface area (Å²) in [5.41, 5.74) is 6.24. The van der Waals surface area contributed by atoms with Gasteiger partial charge in [0.2, 0.25) is 10.0 Å². The Hall–Kier alpha value is -0.990. The minimum Gasteiger partial charge on any atom is -0.394 e. The SMILES string of the molecule is NCC[C@@H]1CC[C@@H](NS(=O)(=O)Cc2ccccc2)[C@H](CO)O1. The molecule has 1 saturated heterocycles. The van der Waals surface area contributed by atoms with Gasteiger partial charge >= 0.3 is 0 Å². The monoisotopic (exact) mass is 328 g/mol. The van der Waals surface area contributed by atoms with E-state index < -0.39 is 22.2 Å². The van der Waals surface area contributed by atoms with Crippen molar-refractivity contribution in [3.05, 3.63) is 35.9 Å². The van der Waals surface area contributed by atoms with Crippen LogP contribution in [0.15, 0.2) is 30.3 Å². The highest BCUT2D eigenvalue weighted by molar-refractivity contribution is 7.88. The fourth-order valence-corrected chi connectivity index (χ4v) is 4.18. The molecule has 3 atom stereocenters. The molecule has 0 spiro atoms. The molecule has 2 rings (SSSR count). The van der Waals surface area contributed by atoms with Gasteiger partial charge in [-0.1, -0.05) is 30.3 Å². The van der Waals surface area contributed by atoms with Crippen molar-refractivity contribution in [2.75, 3.05) is 13.2 Å². The Bertz CT molecular complexity index is 550. The number of ether oxygens (including phenoxy) is 1. The lowest BCUT2D eigenvalue weighted by molar-refractivity contribution is -0.0867. The maximum absolute atomic E-state index is 12.3. The Morgan fingerprint density at radius 1 is 1.27 bits per heavy atom. The van der Waals surface area contributed by atoms with E-state index in [1.165, 1.54) is 0 Å². The Balaban J connectivity index is 1.96. The normalized spacial score (nSPS) is 26.0. The highest BCUT2D eigenvalue weighted by Crippen LogP contribution is 2.22. The molecule has 0 aromatic heterocycles. The summed E-state index contributed by atoms with van der Waals surface area (Å²) in [5, 5.41) is 9.44. The number of nitrogens with one attached hydrogen (secondary N) is 1. The Kier molecular flexibility index (Phi) is 6.34. The second-order valence-electron chi connectivity index (χ2n) is 5.60. The largest absolute Gasteiger partial charge is 0.394 e. The molecule has 1 aromatic rings. The van der Waals surface area contributed by atoms with E-state index in [9.17, 15) is 13.5 Å². The summed E-state index contributed by atoms with van der Waals surface area (Å²) in [6.45, 7) is 0.312. The zero-order chi connectivity index (χ0) is 16.0. The first kappa shape index (κ1) is 17.4. The third-order valence-electron chi connectivity index (χ3n) is 3.81. The fourth-order valence-electron chi connectivity index (χ4n) is 2.73. The van der Waals surface area contributed by atoms with Gasteiger partial charge in [-0.15, -0.1) is 0 Å². The molecule has 1 aromatic carbocycles. The first-order chi connectivity index (χ1) is 10.5. The highest BCUT2D eigenvalue weighted by Gasteiger charge is 2.33. The smallest absolute Gasteiger partial charge is 0.216 e. The molecule has 0 saturated carbocycles. The van der Waals surface area contributed by atoms with Crippen molar-refractivity contribution in [2.24, 2.45) is 5.73 Å². The van der Waals surface area contributed by atoms with Crippen molar-refractivity contribution in [1.29, 1.82) is 0 Å². The van der Waals surface area contributed by atoms with Gasteiger partial charge in [-0.3, -0.25) is 0 Å². The van der Waals surface area contributed by atoms with Crippen LogP contribution in [-0.4, -0.2) is 44.9 Å². The van der Waals surface area contributed by atoms with Crippen molar-refractivity contribution in [1.82, 2.24) is 4.72 Å². The number of hydrogen-bond acceptors (Lipinski definition) is 5. The molecule has 0 amide bonds. The summed E-state index contributed by atoms with van der Waals surface area (Å²) in [6, 6.07) is 8.62. The topological polar surface area (TPSA) is 102 Å². The second kappa shape index (κ2) is 8.03. The molecule has 1 fully saturated rings. The van der Waals surface area contributed by atoms with Crippen LogP contribution in [0, 0.1) is 0 Å². The van der Waals surface area contributed by atoms with Crippen molar-refractivity contribution in [3.8, 4) is 0 Å². The number of aliphatic hydroxyl groups excluding tert-OH is 1. The quantitative estimate of drug-likeness (QED) is 0.671. The number of aliphatic hydroxyl groups is 1. The van der Waals surface area contributed by atoms with Gasteiger partial charge in [0.15, 0.2) is 0 Å². The van der Waals surface area contributed by atoms with Crippen LogP contribution in [0.2, 0.25) is 0 Å². The molecule has 0 unspecified atom stereocenters. The molecule has 1 aliphatic heterocycles. The minimum absolute atomic E-state index is 0.00275. The summed E-state index contributed by atoms with van der Waals surface area (Å²) in [6.07, 6.45) is 1.59. The van der Waals surface area contributed by atoms with Crippen molar-refractivity contribution in [2.45, 2.75) is 43.3 Å². The average molecular weight is 328 g/mol. The molecule has 7 heteroatoms. The summed E-state index contributed by atoms with van der Waals surface area (Å²) in [4.78, 5) is 0. The van der Waals surface area contributed by atoms with E-state index in [0.717, 1.165) is 18.4 Å². The molecule has 6 nitrogen and oxygen atoms in total. The van der Waals surface area contributed by atoms with E-state index in [0.29, 0.717) is 13.0 Å². The first-order valence-electron chi connectivity index (χ1n) is 7.54. The summed E-state index contributed by atoms with van der Waals surface area (Å²) >= 11 is 0. The molecule has 0 radical (unpaired) electrons. The maximum Gasteiger partial charge on any atom is 0.216 e. The standard InChI is InChI=1S/C15H24N2O4S/c16-9-8-13-6-7-14(15(10-18)21-13)17-22(19,20)11-12-4-2-1-3-5-12/h1-5,13-15,17-18H,6-11,16H2/t13-,14+,15-/m0/s1. The van der Waals surface area contributed by atoms with E-state index in [1.807, 2.05) is 18.2 Å². The van der Waals surface area contributed by atoms with Crippen LogP contribution in [0.1, 0.15) is 24.8 Å². The third-order valence-corrected chi connectivity index (χ3v) is 5.19. The number of hydrogen-bond donors (Lipinski definition) is 3. The summed E-state index contributed by atoms with van der Waals surface area (Å²) < 4.78 is 32.9. The lowest BCUT2D eigenvalue weighted by Gasteiger charge is -2.35. The van der Waals surface area contributed by atoms with Crippen LogP contribution < -0.4 is 10.5 Å². The van der Waals surface area contributed by atoms with Crippen LogP contribution in [0.25, 0.3) is 0 Å². The van der Waals surface area contributed by atoms with Crippen LogP contribution in [-0.2, 0) is 20.5 Å². The van der Waals surface area contributed by atoms with E-state index in [1.54, 1.807) is 12.1 Å².